The van der Waals surface area contributed by atoms with Gasteiger partial charge >= 0.3 is 0 Å². The average molecular weight is 252 g/mol. The van der Waals surface area contributed by atoms with Crippen molar-refractivity contribution in [2.75, 3.05) is 0 Å². The summed E-state index contributed by atoms with van der Waals surface area (Å²) in [5, 5.41) is 0. The fourth-order valence-corrected chi connectivity index (χ4v) is 2.80. The smallest absolute Gasteiger partial charge is 0.0149 e. The lowest BCUT2D eigenvalue weighted by molar-refractivity contribution is 0.635. The molecule has 0 radical (unpaired) electrons. The first kappa shape index (κ1) is 13.9. The van der Waals surface area contributed by atoms with Gasteiger partial charge in [-0.05, 0) is 55.5 Å². The zero-order valence-electron chi connectivity index (χ0n) is 13.0. The highest BCUT2D eigenvalue weighted by molar-refractivity contribution is 5.45. The van der Waals surface area contributed by atoms with Crippen LogP contribution < -0.4 is 0 Å². The highest BCUT2D eigenvalue weighted by Crippen LogP contribution is 2.34. The van der Waals surface area contributed by atoms with Crippen molar-refractivity contribution in [1.82, 2.24) is 0 Å². The van der Waals surface area contributed by atoms with E-state index in [1.807, 2.05) is 0 Å². The summed E-state index contributed by atoms with van der Waals surface area (Å²) in [5.74, 6) is 0. The van der Waals surface area contributed by atoms with Crippen LogP contribution >= 0.6 is 0 Å². The molecule has 0 unspecified atom stereocenters. The number of benzene rings is 2. The number of rotatable bonds is 2. The molecule has 0 fully saturated rings. The van der Waals surface area contributed by atoms with Crippen LogP contribution in [0, 0.1) is 27.7 Å². The molecule has 0 bridgehead atoms. The van der Waals surface area contributed by atoms with Crippen LogP contribution in [0.1, 0.15) is 47.2 Å². The Labute approximate surface area is 117 Å². The van der Waals surface area contributed by atoms with Gasteiger partial charge in [0.15, 0.2) is 0 Å². The molecule has 0 aliphatic heterocycles. The SMILES string of the molecule is Cc1ccc(C(C)(C)c2ccc(C)c(C)c2)c(C)c1. The summed E-state index contributed by atoms with van der Waals surface area (Å²) in [5.41, 5.74) is 8.30. The maximum Gasteiger partial charge on any atom is 0.0149 e. The Balaban J connectivity index is 2.54. The van der Waals surface area contributed by atoms with Crippen molar-refractivity contribution in [3.05, 3.63) is 69.8 Å². The number of aryl methyl sites for hydroxylation is 4. The first-order chi connectivity index (χ1) is 8.82. The Kier molecular flexibility index (Phi) is 3.54. The quantitative estimate of drug-likeness (QED) is 0.685. The van der Waals surface area contributed by atoms with Crippen molar-refractivity contribution in [2.24, 2.45) is 0 Å². The minimum Gasteiger partial charge on any atom is -0.0590 e. The Morgan fingerprint density at radius 2 is 1.37 bits per heavy atom. The van der Waals surface area contributed by atoms with E-state index in [2.05, 4.69) is 77.9 Å². The molecule has 0 saturated heterocycles. The van der Waals surface area contributed by atoms with Crippen molar-refractivity contribution < 1.29 is 0 Å². The highest BCUT2D eigenvalue weighted by Gasteiger charge is 2.24. The monoisotopic (exact) mass is 252 g/mol. The zero-order valence-corrected chi connectivity index (χ0v) is 13.0. The van der Waals surface area contributed by atoms with Crippen molar-refractivity contribution in [3.63, 3.8) is 0 Å². The van der Waals surface area contributed by atoms with Gasteiger partial charge in [-0.15, -0.1) is 0 Å². The molecule has 2 rings (SSSR count). The van der Waals surface area contributed by atoms with Crippen LogP contribution in [0.15, 0.2) is 36.4 Å². The molecule has 0 heteroatoms. The van der Waals surface area contributed by atoms with Crippen LogP contribution in [-0.4, -0.2) is 0 Å². The standard InChI is InChI=1S/C19H24/c1-13-7-10-18(16(4)11-13)19(5,6)17-9-8-14(2)15(3)12-17/h7-12H,1-6H3. The molecule has 0 amide bonds. The summed E-state index contributed by atoms with van der Waals surface area (Å²) in [6.07, 6.45) is 0. The molecule has 0 spiro atoms. The summed E-state index contributed by atoms with van der Waals surface area (Å²) < 4.78 is 0. The molecule has 2 aromatic carbocycles. The van der Waals surface area contributed by atoms with Crippen LogP contribution in [0.4, 0.5) is 0 Å². The summed E-state index contributed by atoms with van der Waals surface area (Å²) in [6, 6.07) is 13.6. The third kappa shape index (κ3) is 2.58. The van der Waals surface area contributed by atoms with Crippen molar-refractivity contribution >= 4 is 0 Å². The molecule has 2 aromatic rings. The largest absolute Gasteiger partial charge is 0.0590 e. The van der Waals surface area contributed by atoms with Crippen LogP contribution in [-0.2, 0) is 5.41 Å². The first-order valence-electron chi connectivity index (χ1n) is 6.98. The normalized spacial score (nSPS) is 11.7. The Morgan fingerprint density at radius 3 is 1.95 bits per heavy atom. The predicted octanol–water partition coefficient (Wildman–Crippen LogP) is 5.25. The third-order valence-electron chi connectivity index (χ3n) is 4.28. The van der Waals surface area contributed by atoms with Gasteiger partial charge in [0, 0.05) is 5.41 Å². The first-order valence-corrected chi connectivity index (χ1v) is 6.98. The lowest BCUT2D eigenvalue weighted by atomic mass is 9.75. The average Bonchev–Trinajstić information content (AvgIpc) is 2.32. The fraction of sp³-hybridized carbons (Fsp3) is 0.368. The minimum atomic E-state index is 0.0518. The van der Waals surface area contributed by atoms with E-state index >= 15 is 0 Å². The maximum atomic E-state index is 2.33. The highest BCUT2D eigenvalue weighted by atomic mass is 14.3. The molecule has 0 saturated carbocycles. The topological polar surface area (TPSA) is 0 Å². The van der Waals surface area contributed by atoms with E-state index in [0.717, 1.165) is 0 Å². The lowest BCUT2D eigenvalue weighted by Gasteiger charge is -2.29. The molecule has 19 heavy (non-hydrogen) atoms. The van der Waals surface area contributed by atoms with Crippen molar-refractivity contribution in [2.45, 2.75) is 47.0 Å². The minimum absolute atomic E-state index is 0.0518. The van der Waals surface area contributed by atoms with Gasteiger partial charge in [-0.3, -0.25) is 0 Å². The van der Waals surface area contributed by atoms with E-state index in [4.69, 9.17) is 0 Å². The van der Waals surface area contributed by atoms with Crippen LogP contribution in [0.2, 0.25) is 0 Å². The predicted molar refractivity (Wildman–Crippen MR) is 84.0 cm³/mol. The van der Waals surface area contributed by atoms with E-state index in [-0.39, 0.29) is 5.41 Å². The molecule has 0 nitrogen and oxygen atoms in total. The van der Waals surface area contributed by atoms with Crippen LogP contribution in [0.3, 0.4) is 0 Å². The molecule has 0 atom stereocenters. The second-order valence-corrected chi connectivity index (χ2v) is 6.24. The van der Waals surface area contributed by atoms with Gasteiger partial charge in [0.1, 0.15) is 0 Å². The Bertz CT molecular complexity index is 603. The summed E-state index contributed by atoms with van der Waals surface area (Å²) in [4.78, 5) is 0. The molecular weight excluding hydrogens is 228 g/mol. The van der Waals surface area contributed by atoms with Crippen molar-refractivity contribution in [1.29, 1.82) is 0 Å². The second kappa shape index (κ2) is 4.85. The van der Waals surface area contributed by atoms with E-state index in [0.29, 0.717) is 0 Å². The van der Waals surface area contributed by atoms with Gasteiger partial charge in [0.2, 0.25) is 0 Å². The van der Waals surface area contributed by atoms with Gasteiger partial charge in [0.05, 0.1) is 0 Å². The fourth-order valence-electron chi connectivity index (χ4n) is 2.80. The van der Waals surface area contributed by atoms with Gasteiger partial charge in [-0.1, -0.05) is 55.8 Å². The molecule has 0 N–H and O–H groups in total. The van der Waals surface area contributed by atoms with E-state index in [9.17, 15) is 0 Å². The Hall–Kier alpha value is -1.56. The summed E-state index contributed by atoms with van der Waals surface area (Å²) >= 11 is 0. The molecular formula is C19H24. The van der Waals surface area contributed by atoms with Crippen LogP contribution in [0.5, 0.6) is 0 Å². The van der Waals surface area contributed by atoms with Crippen molar-refractivity contribution in [3.8, 4) is 0 Å². The molecule has 100 valence electrons. The summed E-state index contributed by atoms with van der Waals surface area (Å²) in [7, 11) is 0. The Morgan fingerprint density at radius 1 is 0.684 bits per heavy atom. The zero-order chi connectivity index (χ0) is 14.2. The van der Waals surface area contributed by atoms with E-state index in [1.165, 1.54) is 33.4 Å². The molecule has 0 aromatic heterocycles. The molecule has 0 heterocycles. The summed E-state index contributed by atoms with van der Waals surface area (Å²) in [6.45, 7) is 13.4. The second-order valence-electron chi connectivity index (χ2n) is 6.24. The van der Waals surface area contributed by atoms with E-state index < -0.39 is 0 Å². The van der Waals surface area contributed by atoms with Gasteiger partial charge in [-0.25, -0.2) is 0 Å². The lowest BCUT2D eigenvalue weighted by Crippen LogP contribution is -2.20. The van der Waals surface area contributed by atoms with Gasteiger partial charge in [-0.2, -0.15) is 0 Å². The molecule has 0 aliphatic carbocycles. The van der Waals surface area contributed by atoms with Gasteiger partial charge < -0.3 is 0 Å². The van der Waals surface area contributed by atoms with Gasteiger partial charge in [0.25, 0.3) is 0 Å². The van der Waals surface area contributed by atoms with E-state index in [1.54, 1.807) is 0 Å². The maximum absolute atomic E-state index is 2.33. The number of hydrogen-bond acceptors (Lipinski definition) is 0. The molecule has 0 aliphatic rings. The third-order valence-corrected chi connectivity index (χ3v) is 4.28. The number of hydrogen-bond donors (Lipinski definition) is 0. The van der Waals surface area contributed by atoms with Crippen LogP contribution in [0.25, 0.3) is 0 Å².